The van der Waals surface area contributed by atoms with Crippen molar-refractivity contribution in [2.45, 2.75) is 0 Å². The Morgan fingerprint density at radius 2 is 1.91 bits per heavy atom. The monoisotopic (exact) mass is 375 g/mol. The molecular formula is C16H11BrFN3S. The van der Waals surface area contributed by atoms with Gasteiger partial charge in [0.15, 0.2) is 0 Å². The van der Waals surface area contributed by atoms with E-state index < -0.39 is 0 Å². The van der Waals surface area contributed by atoms with Gasteiger partial charge < -0.3 is 0 Å². The van der Waals surface area contributed by atoms with Gasteiger partial charge in [0, 0.05) is 21.0 Å². The number of thiazole rings is 1. The standard InChI is InChI=1S/C16H11BrFN3S/c17-13-7-5-11(6-8-13)15-10-22-16(20-15)21-19-9-12-3-1-2-4-14(12)18/h1-10H,(H,20,21)/b19-9+. The molecule has 0 aliphatic rings. The Morgan fingerprint density at radius 1 is 1.14 bits per heavy atom. The summed E-state index contributed by atoms with van der Waals surface area (Å²) in [7, 11) is 0. The third-order valence-electron chi connectivity index (χ3n) is 2.91. The molecule has 0 spiro atoms. The molecule has 1 aromatic heterocycles. The number of anilines is 1. The molecule has 3 aromatic rings. The van der Waals surface area contributed by atoms with Crippen LogP contribution in [-0.2, 0) is 0 Å². The first-order chi connectivity index (χ1) is 10.7. The minimum Gasteiger partial charge on any atom is -0.253 e. The molecule has 0 amide bonds. The highest BCUT2D eigenvalue weighted by atomic mass is 79.9. The van der Waals surface area contributed by atoms with E-state index in [0.29, 0.717) is 10.7 Å². The van der Waals surface area contributed by atoms with Crippen molar-refractivity contribution in [3.05, 3.63) is 69.8 Å². The van der Waals surface area contributed by atoms with E-state index in [-0.39, 0.29) is 5.82 Å². The first-order valence-corrected chi connectivity index (χ1v) is 8.15. The summed E-state index contributed by atoms with van der Waals surface area (Å²) in [5.74, 6) is -0.303. The van der Waals surface area contributed by atoms with Crippen molar-refractivity contribution in [2.75, 3.05) is 5.43 Å². The molecule has 0 saturated carbocycles. The number of hydrogen-bond donors (Lipinski definition) is 1. The molecule has 1 heterocycles. The van der Waals surface area contributed by atoms with Crippen molar-refractivity contribution in [2.24, 2.45) is 5.10 Å². The molecule has 6 heteroatoms. The number of halogens is 2. The SMILES string of the molecule is Fc1ccccc1/C=N/Nc1nc(-c2ccc(Br)cc2)cs1. The zero-order valence-electron chi connectivity index (χ0n) is 11.3. The Kier molecular flexibility index (Phi) is 4.60. The molecule has 0 unspecified atom stereocenters. The van der Waals surface area contributed by atoms with E-state index in [1.165, 1.54) is 23.6 Å². The zero-order chi connectivity index (χ0) is 15.4. The van der Waals surface area contributed by atoms with Gasteiger partial charge in [-0.3, -0.25) is 5.43 Å². The lowest BCUT2D eigenvalue weighted by atomic mass is 10.2. The van der Waals surface area contributed by atoms with Crippen molar-refractivity contribution in [3.8, 4) is 11.3 Å². The molecule has 110 valence electrons. The second-order valence-electron chi connectivity index (χ2n) is 4.44. The van der Waals surface area contributed by atoms with Gasteiger partial charge in [-0.2, -0.15) is 5.10 Å². The van der Waals surface area contributed by atoms with Crippen molar-refractivity contribution in [1.29, 1.82) is 0 Å². The fraction of sp³-hybridized carbons (Fsp3) is 0. The van der Waals surface area contributed by atoms with Crippen LogP contribution in [0.4, 0.5) is 9.52 Å². The lowest BCUT2D eigenvalue weighted by Gasteiger charge is -1.97. The largest absolute Gasteiger partial charge is 0.253 e. The Labute approximate surface area is 139 Å². The van der Waals surface area contributed by atoms with Crippen LogP contribution >= 0.6 is 27.3 Å². The maximum Gasteiger partial charge on any atom is 0.203 e. The Bertz CT molecular complexity index is 799. The molecule has 22 heavy (non-hydrogen) atoms. The fourth-order valence-corrected chi connectivity index (χ4v) is 2.75. The second kappa shape index (κ2) is 6.81. The van der Waals surface area contributed by atoms with Gasteiger partial charge >= 0.3 is 0 Å². The average Bonchev–Trinajstić information content (AvgIpc) is 2.99. The van der Waals surface area contributed by atoms with Gasteiger partial charge in [-0.1, -0.05) is 46.3 Å². The molecule has 3 nitrogen and oxygen atoms in total. The lowest BCUT2D eigenvalue weighted by Crippen LogP contribution is -1.92. The molecule has 1 N–H and O–H groups in total. The third kappa shape index (κ3) is 3.58. The van der Waals surface area contributed by atoms with Gasteiger partial charge in [0.2, 0.25) is 5.13 Å². The Hall–Kier alpha value is -2.05. The molecule has 0 saturated heterocycles. The summed E-state index contributed by atoms with van der Waals surface area (Å²) in [5.41, 5.74) is 5.16. The van der Waals surface area contributed by atoms with Gasteiger partial charge in [-0.05, 0) is 18.2 Å². The smallest absolute Gasteiger partial charge is 0.203 e. The summed E-state index contributed by atoms with van der Waals surface area (Å²) in [5, 5.41) is 6.63. The van der Waals surface area contributed by atoms with Gasteiger partial charge in [-0.25, -0.2) is 9.37 Å². The van der Waals surface area contributed by atoms with Crippen molar-refractivity contribution < 1.29 is 4.39 Å². The summed E-state index contributed by atoms with van der Waals surface area (Å²) < 4.78 is 14.5. The Balaban J connectivity index is 1.70. The van der Waals surface area contributed by atoms with Crippen LogP contribution in [0, 0.1) is 5.82 Å². The van der Waals surface area contributed by atoms with Crippen LogP contribution < -0.4 is 5.43 Å². The summed E-state index contributed by atoms with van der Waals surface area (Å²) >= 11 is 4.85. The predicted molar refractivity (Wildman–Crippen MR) is 92.9 cm³/mol. The molecule has 0 fully saturated rings. The van der Waals surface area contributed by atoms with Crippen LogP contribution in [0.3, 0.4) is 0 Å². The lowest BCUT2D eigenvalue weighted by molar-refractivity contribution is 0.626. The van der Waals surface area contributed by atoms with E-state index in [1.54, 1.807) is 18.2 Å². The topological polar surface area (TPSA) is 37.3 Å². The Morgan fingerprint density at radius 3 is 2.68 bits per heavy atom. The quantitative estimate of drug-likeness (QED) is 0.505. The summed E-state index contributed by atoms with van der Waals surface area (Å²) in [4.78, 5) is 4.45. The molecule has 3 rings (SSSR count). The predicted octanol–water partition coefficient (Wildman–Crippen LogP) is 5.16. The minimum atomic E-state index is -0.303. The summed E-state index contributed by atoms with van der Waals surface area (Å²) in [6.45, 7) is 0. The highest BCUT2D eigenvalue weighted by Gasteiger charge is 2.03. The number of nitrogens with zero attached hydrogens (tertiary/aromatic N) is 2. The van der Waals surface area contributed by atoms with E-state index >= 15 is 0 Å². The van der Waals surface area contributed by atoms with Gasteiger partial charge in [0.05, 0.1) is 11.9 Å². The van der Waals surface area contributed by atoms with E-state index in [2.05, 4.69) is 31.4 Å². The first kappa shape index (κ1) is 14.9. The second-order valence-corrected chi connectivity index (χ2v) is 6.21. The normalized spacial score (nSPS) is 11.0. The number of nitrogens with one attached hydrogen (secondary N) is 1. The average molecular weight is 376 g/mol. The molecule has 0 atom stereocenters. The van der Waals surface area contributed by atoms with Crippen LogP contribution in [0.1, 0.15) is 5.56 Å². The summed E-state index contributed by atoms with van der Waals surface area (Å²) in [6, 6.07) is 14.4. The third-order valence-corrected chi connectivity index (χ3v) is 4.19. The van der Waals surface area contributed by atoms with Crippen LogP contribution in [0.2, 0.25) is 0 Å². The molecule has 0 aliphatic heterocycles. The molecule has 2 aromatic carbocycles. The minimum absolute atomic E-state index is 0.303. The zero-order valence-corrected chi connectivity index (χ0v) is 13.7. The van der Waals surface area contributed by atoms with Crippen molar-refractivity contribution in [3.63, 3.8) is 0 Å². The number of hydrogen-bond acceptors (Lipinski definition) is 4. The molecule has 0 bridgehead atoms. The van der Waals surface area contributed by atoms with Crippen LogP contribution in [0.25, 0.3) is 11.3 Å². The van der Waals surface area contributed by atoms with E-state index in [4.69, 9.17) is 0 Å². The highest BCUT2D eigenvalue weighted by molar-refractivity contribution is 9.10. The fourth-order valence-electron chi connectivity index (χ4n) is 1.82. The first-order valence-electron chi connectivity index (χ1n) is 6.47. The van der Waals surface area contributed by atoms with Crippen LogP contribution in [0.5, 0.6) is 0 Å². The van der Waals surface area contributed by atoms with Gasteiger partial charge in [0.1, 0.15) is 5.82 Å². The molecule has 0 aliphatic carbocycles. The van der Waals surface area contributed by atoms with E-state index in [0.717, 1.165) is 15.7 Å². The summed E-state index contributed by atoms with van der Waals surface area (Å²) in [6.07, 6.45) is 1.44. The number of hydrazone groups is 1. The molecular weight excluding hydrogens is 365 g/mol. The molecule has 0 radical (unpaired) electrons. The van der Waals surface area contributed by atoms with Crippen LogP contribution in [-0.4, -0.2) is 11.2 Å². The number of aromatic nitrogens is 1. The highest BCUT2D eigenvalue weighted by Crippen LogP contribution is 2.26. The van der Waals surface area contributed by atoms with E-state index in [9.17, 15) is 4.39 Å². The number of rotatable bonds is 4. The number of benzene rings is 2. The van der Waals surface area contributed by atoms with Crippen molar-refractivity contribution in [1.82, 2.24) is 4.98 Å². The van der Waals surface area contributed by atoms with Crippen molar-refractivity contribution >= 4 is 38.6 Å². The van der Waals surface area contributed by atoms with Gasteiger partial charge in [0.25, 0.3) is 0 Å². The maximum absolute atomic E-state index is 13.4. The maximum atomic E-state index is 13.4. The van der Waals surface area contributed by atoms with Crippen LogP contribution in [0.15, 0.2) is 63.5 Å². The van der Waals surface area contributed by atoms with Gasteiger partial charge in [-0.15, -0.1) is 11.3 Å². The van der Waals surface area contributed by atoms with E-state index in [1.807, 2.05) is 29.6 Å².